The van der Waals surface area contributed by atoms with E-state index in [1.807, 2.05) is 25.1 Å². The van der Waals surface area contributed by atoms with Crippen LogP contribution in [0.4, 0.5) is 0 Å². The Bertz CT molecular complexity index is 1280. The second-order valence-corrected chi connectivity index (χ2v) is 8.36. The van der Waals surface area contributed by atoms with Crippen LogP contribution in [0.3, 0.4) is 0 Å². The van der Waals surface area contributed by atoms with E-state index in [-0.39, 0.29) is 12.0 Å². The Morgan fingerprint density at radius 3 is 2.69 bits per heavy atom. The highest BCUT2D eigenvalue weighted by atomic mass is 32.1. The van der Waals surface area contributed by atoms with E-state index in [0.29, 0.717) is 28.6 Å². The minimum Gasteiger partial charge on any atom is -0.481 e. The third-order valence-electron chi connectivity index (χ3n) is 5.29. The molecule has 2 heterocycles. The van der Waals surface area contributed by atoms with Crippen LogP contribution in [0, 0.1) is 0 Å². The van der Waals surface area contributed by atoms with Crippen LogP contribution < -0.4 is 5.56 Å². The van der Waals surface area contributed by atoms with Gasteiger partial charge in [-0.1, -0.05) is 31.2 Å². The van der Waals surface area contributed by atoms with Crippen molar-refractivity contribution < 1.29 is 9.90 Å². The van der Waals surface area contributed by atoms with Gasteiger partial charge in [0.05, 0.1) is 26.3 Å². The molecule has 0 aliphatic carbocycles. The second-order valence-electron chi connectivity index (χ2n) is 6.93. The number of fused-ring (bicyclic) bond motifs is 2. The summed E-state index contributed by atoms with van der Waals surface area (Å²) in [5.74, 6) is -0.371. The summed E-state index contributed by atoms with van der Waals surface area (Å²) in [6.07, 6.45) is 0.501. The lowest BCUT2D eigenvalue weighted by molar-refractivity contribution is -0.144. The number of aliphatic carboxylic acids is 1. The fraction of sp³-hybridized carbons (Fsp3) is 0.238. The molecule has 0 saturated carbocycles. The van der Waals surface area contributed by atoms with Gasteiger partial charge in [-0.15, -0.1) is 11.3 Å². The summed E-state index contributed by atoms with van der Waals surface area (Å²) in [5, 5.41) is 18.6. The number of benzene rings is 2. The summed E-state index contributed by atoms with van der Waals surface area (Å²) in [4.78, 5) is 29.4. The summed E-state index contributed by atoms with van der Waals surface area (Å²) < 4.78 is 1.00. The van der Waals surface area contributed by atoms with E-state index in [4.69, 9.17) is 0 Å². The maximum Gasteiger partial charge on any atom is 0.316 e. The van der Waals surface area contributed by atoms with Crippen molar-refractivity contribution in [2.24, 2.45) is 0 Å². The number of carboxylic acids is 1. The molecule has 0 bridgehead atoms. The van der Waals surface area contributed by atoms with Gasteiger partial charge in [-0.2, -0.15) is 17.7 Å². The molecule has 8 heteroatoms. The summed E-state index contributed by atoms with van der Waals surface area (Å²) in [5.41, 5.74) is 0.624. The lowest BCUT2D eigenvalue weighted by atomic mass is 9.77. The van der Waals surface area contributed by atoms with Crippen LogP contribution in [0.25, 0.3) is 21.0 Å². The van der Waals surface area contributed by atoms with Gasteiger partial charge in [-0.3, -0.25) is 9.59 Å². The lowest BCUT2D eigenvalue weighted by Gasteiger charge is -2.27. The van der Waals surface area contributed by atoms with Crippen LogP contribution in [0.1, 0.15) is 29.6 Å². The van der Waals surface area contributed by atoms with E-state index in [9.17, 15) is 14.7 Å². The fourth-order valence-corrected chi connectivity index (χ4v) is 4.90. The van der Waals surface area contributed by atoms with E-state index in [1.165, 1.54) is 11.3 Å². The molecule has 4 rings (SSSR count). The van der Waals surface area contributed by atoms with E-state index in [2.05, 4.69) is 27.8 Å². The van der Waals surface area contributed by atoms with Gasteiger partial charge in [0.1, 0.15) is 5.41 Å². The molecule has 0 radical (unpaired) electrons. The van der Waals surface area contributed by atoms with E-state index >= 15 is 0 Å². The Hall–Kier alpha value is -2.71. The summed E-state index contributed by atoms with van der Waals surface area (Å²) in [6.45, 7) is 1.82. The number of hydrogen-bond acceptors (Lipinski definition) is 6. The van der Waals surface area contributed by atoms with Crippen LogP contribution in [0.2, 0.25) is 0 Å². The zero-order valence-corrected chi connectivity index (χ0v) is 17.4. The summed E-state index contributed by atoms with van der Waals surface area (Å²) in [7, 11) is 0. The maximum absolute atomic E-state index is 12.5. The van der Waals surface area contributed by atoms with Gasteiger partial charge in [-0.05, 0) is 30.2 Å². The minimum absolute atomic E-state index is 0.192. The molecule has 0 aliphatic rings. The Kier molecular flexibility index (Phi) is 5.14. The average Bonchev–Trinajstić information content (AvgIpc) is 3.14. The Balaban J connectivity index is 1.88. The van der Waals surface area contributed by atoms with Crippen LogP contribution in [0.5, 0.6) is 0 Å². The molecule has 6 nitrogen and oxygen atoms in total. The van der Waals surface area contributed by atoms with Crippen LogP contribution >= 0.6 is 24.0 Å². The maximum atomic E-state index is 12.5. The van der Waals surface area contributed by atoms with E-state index in [1.54, 1.807) is 24.3 Å². The Morgan fingerprint density at radius 1 is 1.24 bits per heavy atom. The molecule has 0 saturated heterocycles. The molecule has 29 heavy (non-hydrogen) atoms. The molecular weight excluding hydrogens is 406 g/mol. The van der Waals surface area contributed by atoms with Gasteiger partial charge in [0.25, 0.3) is 5.56 Å². The SMILES string of the molecule is CCC(Cc1nc2cc(CS)ccc2s1)(C(=O)O)c1n[nH]c(=O)c2ccccc12. The number of thiol groups is 1. The predicted molar refractivity (Wildman–Crippen MR) is 118 cm³/mol. The van der Waals surface area contributed by atoms with Crippen molar-refractivity contribution in [2.45, 2.75) is 30.9 Å². The molecular formula is C21H19N3O3S2. The van der Waals surface area contributed by atoms with Gasteiger partial charge < -0.3 is 5.11 Å². The largest absolute Gasteiger partial charge is 0.481 e. The lowest BCUT2D eigenvalue weighted by Crippen LogP contribution is -2.39. The molecule has 0 spiro atoms. The van der Waals surface area contributed by atoms with Crippen LogP contribution in [-0.4, -0.2) is 26.3 Å². The first-order valence-electron chi connectivity index (χ1n) is 9.19. The van der Waals surface area contributed by atoms with Gasteiger partial charge in [-0.25, -0.2) is 10.1 Å². The van der Waals surface area contributed by atoms with Crippen molar-refractivity contribution in [3.63, 3.8) is 0 Å². The van der Waals surface area contributed by atoms with Gasteiger partial charge in [0.2, 0.25) is 0 Å². The predicted octanol–water partition coefficient (Wildman–Crippen LogP) is 3.94. The third kappa shape index (κ3) is 3.32. The number of hydrogen-bond donors (Lipinski definition) is 3. The molecule has 0 aliphatic heterocycles. The molecule has 1 atom stereocenters. The molecule has 1 unspecified atom stereocenters. The zero-order valence-electron chi connectivity index (χ0n) is 15.7. The molecule has 4 aromatic rings. The van der Waals surface area contributed by atoms with Crippen LogP contribution in [-0.2, 0) is 22.4 Å². The molecule has 2 aromatic carbocycles. The summed E-state index contributed by atoms with van der Waals surface area (Å²) >= 11 is 5.78. The first-order chi connectivity index (χ1) is 14.0. The number of thiazole rings is 1. The molecule has 2 aromatic heterocycles. The highest BCUT2D eigenvalue weighted by Gasteiger charge is 2.43. The molecule has 0 amide bonds. The van der Waals surface area contributed by atoms with Gasteiger partial charge in [0, 0.05) is 17.6 Å². The highest BCUT2D eigenvalue weighted by Crippen LogP contribution is 2.36. The number of rotatable bonds is 6. The number of carboxylic acid groups (broad SMARTS) is 1. The number of nitrogens with one attached hydrogen (secondary N) is 1. The van der Waals surface area contributed by atoms with Crippen molar-refractivity contribution in [1.82, 2.24) is 15.2 Å². The molecule has 148 valence electrons. The Labute approximate surface area is 176 Å². The van der Waals surface area contributed by atoms with Gasteiger partial charge >= 0.3 is 5.97 Å². The second kappa shape index (κ2) is 7.61. The minimum atomic E-state index is -1.30. The Morgan fingerprint density at radius 2 is 2.00 bits per heavy atom. The van der Waals surface area contributed by atoms with Crippen molar-refractivity contribution in [2.75, 3.05) is 0 Å². The third-order valence-corrected chi connectivity index (χ3v) is 6.70. The highest BCUT2D eigenvalue weighted by molar-refractivity contribution is 7.79. The van der Waals surface area contributed by atoms with Crippen molar-refractivity contribution in [3.8, 4) is 0 Å². The fourth-order valence-electron chi connectivity index (χ4n) is 3.64. The standard InChI is InChI=1S/C21H19N3O3S2/c1-2-21(20(26)27,18-13-5-3-4-6-14(13)19(25)24-23-18)10-17-22-15-9-12(11-28)7-8-16(15)29-17/h3-9,28H,2,10-11H2,1H3,(H,24,25)(H,26,27). The summed E-state index contributed by atoms with van der Waals surface area (Å²) in [6, 6.07) is 12.9. The number of nitrogens with zero attached hydrogens (tertiary/aromatic N) is 2. The monoisotopic (exact) mass is 425 g/mol. The van der Waals surface area contributed by atoms with Gasteiger partial charge in [0.15, 0.2) is 0 Å². The zero-order chi connectivity index (χ0) is 20.6. The van der Waals surface area contributed by atoms with Crippen molar-refractivity contribution in [1.29, 1.82) is 0 Å². The van der Waals surface area contributed by atoms with E-state index in [0.717, 1.165) is 20.8 Å². The van der Waals surface area contributed by atoms with Crippen molar-refractivity contribution in [3.05, 3.63) is 69.1 Å². The topological polar surface area (TPSA) is 95.9 Å². The average molecular weight is 426 g/mol. The number of H-pyrrole nitrogens is 1. The first kappa shape index (κ1) is 19.6. The smallest absolute Gasteiger partial charge is 0.316 e. The number of aromatic nitrogens is 3. The van der Waals surface area contributed by atoms with Crippen molar-refractivity contribution >= 4 is 50.9 Å². The van der Waals surface area contributed by atoms with E-state index < -0.39 is 11.4 Å². The molecule has 2 N–H and O–H groups in total. The number of aromatic amines is 1. The normalized spacial score (nSPS) is 13.6. The molecule has 0 fully saturated rings. The first-order valence-corrected chi connectivity index (χ1v) is 10.6. The van der Waals surface area contributed by atoms with Crippen LogP contribution in [0.15, 0.2) is 47.3 Å². The quantitative estimate of drug-likeness (QED) is 0.407. The number of carbonyl (C=O) groups is 1.